The molecule has 1 aliphatic carbocycles. The maximum absolute atomic E-state index is 12.7. The number of benzene rings is 1. The van der Waals surface area contributed by atoms with Gasteiger partial charge in [0.15, 0.2) is 0 Å². The Morgan fingerprint density at radius 2 is 2.00 bits per heavy atom. The van der Waals surface area contributed by atoms with Gasteiger partial charge in [-0.3, -0.25) is 0 Å². The Morgan fingerprint density at radius 3 is 2.50 bits per heavy atom. The van der Waals surface area contributed by atoms with Crippen LogP contribution in [0, 0.1) is 5.92 Å². The van der Waals surface area contributed by atoms with Crippen LogP contribution < -0.4 is 0 Å². The van der Waals surface area contributed by atoms with Crippen LogP contribution in [0.5, 0.6) is 0 Å². The first-order valence-electron chi connectivity index (χ1n) is 8.68. The lowest BCUT2D eigenvalue weighted by atomic mass is 9.81. The molecule has 1 heterocycles. The van der Waals surface area contributed by atoms with E-state index in [0.29, 0.717) is 18.9 Å². The fourth-order valence-corrected chi connectivity index (χ4v) is 4.12. The second-order valence-electron chi connectivity index (χ2n) is 7.87. The van der Waals surface area contributed by atoms with E-state index < -0.39 is 11.2 Å². The van der Waals surface area contributed by atoms with Crippen LogP contribution in [-0.2, 0) is 4.74 Å². The van der Waals surface area contributed by atoms with E-state index in [4.69, 9.17) is 4.74 Å². The number of amides is 1. The summed E-state index contributed by atoms with van der Waals surface area (Å²) in [7, 11) is 0. The van der Waals surface area contributed by atoms with E-state index in [-0.39, 0.29) is 12.1 Å². The molecule has 4 nitrogen and oxygen atoms in total. The van der Waals surface area contributed by atoms with Crippen molar-refractivity contribution in [3.8, 4) is 0 Å². The van der Waals surface area contributed by atoms with Gasteiger partial charge in [-0.1, -0.05) is 28.1 Å². The summed E-state index contributed by atoms with van der Waals surface area (Å²) >= 11 is 3.44. The number of hydrogen-bond donors (Lipinski definition) is 1. The van der Waals surface area contributed by atoms with Gasteiger partial charge in [0, 0.05) is 23.9 Å². The SMILES string of the molecule is C[C@@H](c1ccc(Br)cc1)N1CC[C@](CC(C)(C)O)(C2CC2)OC1=O. The molecule has 1 aromatic rings. The Hall–Kier alpha value is -1.07. The van der Waals surface area contributed by atoms with Crippen molar-refractivity contribution in [2.45, 2.75) is 63.7 Å². The fraction of sp³-hybridized carbons (Fsp3) is 0.632. The first-order valence-corrected chi connectivity index (χ1v) is 9.47. The number of hydrogen-bond acceptors (Lipinski definition) is 3. The van der Waals surface area contributed by atoms with Crippen LogP contribution in [0.25, 0.3) is 0 Å². The summed E-state index contributed by atoms with van der Waals surface area (Å²) in [4.78, 5) is 14.5. The van der Waals surface area contributed by atoms with Crippen LogP contribution in [-0.4, -0.2) is 33.8 Å². The number of nitrogens with zero attached hydrogens (tertiary/aromatic N) is 1. The van der Waals surface area contributed by atoms with Crippen LogP contribution in [0.15, 0.2) is 28.7 Å². The number of carbonyl (C=O) groups is 1. The van der Waals surface area contributed by atoms with Crippen LogP contribution in [0.1, 0.15) is 58.1 Å². The maximum Gasteiger partial charge on any atom is 0.410 e. The number of aliphatic hydroxyl groups is 1. The Balaban J connectivity index is 1.74. The molecule has 24 heavy (non-hydrogen) atoms. The lowest BCUT2D eigenvalue weighted by Gasteiger charge is -2.45. The molecular formula is C19H26BrNO3. The summed E-state index contributed by atoms with van der Waals surface area (Å²) in [6, 6.07) is 8.02. The van der Waals surface area contributed by atoms with Gasteiger partial charge in [-0.2, -0.15) is 0 Å². The van der Waals surface area contributed by atoms with Crippen LogP contribution >= 0.6 is 15.9 Å². The topological polar surface area (TPSA) is 49.8 Å². The monoisotopic (exact) mass is 395 g/mol. The molecule has 2 fully saturated rings. The third-order valence-electron chi connectivity index (χ3n) is 5.17. The molecule has 2 atom stereocenters. The standard InChI is InChI=1S/C19H26BrNO3/c1-13(14-4-8-16(20)9-5-14)21-11-10-19(15-6-7-15,24-17(21)22)12-18(2,3)23/h4-5,8-9,13,15,23H,6-7,10-12H2,1-3H3/t13-,19-/m0/s1. The molecule has 0 spiro atoms. The Bertz CT molecular complexity index is 606. The van der Waals surface area contributed by atoms with Crippen LogP contribution in [0.4, 0.5) is 4.79 Å². The van der Waals surface area contributed by atoms with Crippen molar-refractivity contribution in [1.82, 2.24) is 4.90 Å². The molecule has 0 bridgehead atoms. The largest absolute Gasteiger partial charge is 0.442 e. The average Bonchev–Trinajstić information content (AvgIpc) is 3.31. The van der Waals surface area contributed by atoms with E-state index in [0.717, 1.165) is 29.3 Å². The van der Waals surface area contributed by atoms with Gasteiger partial charge < -0.3 is 14.7 Å². The molecular weight excluding hydrogens is 370 g/mol. The van der Waals surface area contributed by atoms with Crippen molar-refractivity contribution in [1.29, 1.82) is 0 Å². The van der Waals surface area contributed by atoms with E-state index in [1.54, 1.807) is 18.7 Å². The number of halogens is 1. The highest BCUT2D eigenvalue weighted by Gasteiger charge is 2.53. The fourth-order valence-electron chi connectivity index (χ4n) is 3.86. The minimum Gasteiger partial charge on any atom is -0.442 e. The molecule has 1 saturated heterocycles. The number of ether oxygens (including phenoxy) is 1. The molecule has 1 aliphatic heterocycles. The highest BCUT2D eigenvalue weighted by atomic mass is 79.9. The van der Waals surface area contributed by atoms with Gasteiger partial charge in [0.1, 0.15) is 5.60 Å². The van der Waals surface area contributed by atoms with Gasteiger partial charge in [-0.15, -0.1) is 0 Å². The normalized spacial score (nSPS) is 26.2. The third-order valence-corrected chi connectivity index (χ3v) is 5.70. The summed E-state index contributed by atoms with van der Waals surface area (Å²) in [5.41, 5.74) is -0.232. The van der Waals surface area contributed by atoms with Gasteiger partial charge in [0.2, 0.25) is 0 Å². The van der Waals surface area contributed by atoms with E-state index >= 15 is 0 Å². The Morgan fingerprint density at radius 1 is 1.38 bits per heavy atom. The van der Waals surface area contributed by atoms with Crippen LogP contribution in [0.2, 0.25) is 0 Å². The predicted molar refractivity (Wildman–Crippen MR) is 96.7 cm³/mol. The lowest BCUT2D eigenvalue weighted by Crippen LogP contribution is -2.54. The zero-order valence-electron chi connectivity index (χ0n) is 14.6. The van der Waals surface area contributed by atoms with Gasteiger partial charge in [-0.25, -0.2) is 4.79 Å². The first-order chi connectivity index (χ1) is 11.2. The average molecular weight is 396 g/mol. The smallest absolute Gasteiger partial charge is 0.410 e. The summed E-state index contributed by atoms with van der Waals surface area (Å²) < 4.78 is 7.00. The minimum atomic E-state index is -0.831. The van der Waals surface area contributed by atoms with Crippen molar-refractivity contribution in [3.63, 3.8) is 0 Å². The minimum absolute atomic E-state index is 0.0232. The van der Waals surface area contributed by atoms with E-state index in [9.17, 15) is 9.90 Å². The molecule has 0 radical (unpaired) electrons. The third kappa shape index (κ3) is 3.77. The van der Waals surface area contributed by atoms with Gasteiger partial charge in [0.05, 0.1) is 11.6 Å². The molecule has 2 aliphatic rings. The first kappa shape index (κ1) is 17.7. The highest BCUT2D eigenvalue weighted by molar-refractivity contribution is 9.10. The summed E-state index contributed by atoms with van der Waals surface area (Å²) in [5, 5.41) is 10.3. The number of carbonyl (C=O) groups excluding carboxylic acids is 1. The van der Waals surface area contributed by atoms with Gasteiger partial charge >= 0.3 is 6.09 Å². The second kappa shape index (κ2) is 6.34. The molecule has 1 saturated carbocycles. The molecule has 3 rings (SSSR count). The molecule has 0 unspecified atom stereocenters. The van der Waals surface area contributed by atoms with Crippen LogP contribution in [0.3, 0.4) is 0 Å². The molecule has 1 aromatic carbocycles. The maximum atomic E-state index is 12.7. The van der Waals surface area contributed by atoms with Gasteiger partial charge in [0.25, 0.3) is 0 Å². The van der Waals surface area contributed by atoms with Crippen molar-refractivity contribution in [2.75, 3.05) is 6.54 Å². The quantitative estimate of drug-likeness (QED) is 0.788. The lowest BCUT2D eigenvalue weighted by molar-refractivity contribution is -0.108. The second-order valence-corrected chi connectivity index (χ2v) is 8.78. The van der Waals surface area contributed by atoms with Crippen molar-refractivity contribution in [3.05, 3.63) is 34.3 Å². The summed E-state index contributed by atoms with van der Waals surface area (Å²) in [5.74, 6) is 0.401. The van der Waals surface area contributed by atoms with Crippen molar-refractivity contribution in [2.24, 2.45) is 5.92 Å². The van der Waals surface area contributed by atoms with Crippen molar-refractivity contribution >= 4 is 22.0 Å². The number of rotatable bonds is 5. The van der Waals surface area contributed by atoms with Crippen molar-refractivity contribution < 1.29 is 14.6 Å². The zero-order valence-corrected chi connectivity index (χ0v) is 16.2. The molecule has 1 amide bonds. The zero-order chi connectivity index (χ0) is 17.5. The molecule has 1 N–H and O–H groups in total. The van der Waals surface area contributed by atoms with E-state index in [1.807, 2.05) is 31.2 Å². The number of cyclic esters (lactones) is 1. The Labute approximate surface area is 152 Å². The van der Waals surface area contributed by atoms with E-state index in [2.05, 4.69) is 15.9 Å². The molecule has 132 valence electrons. The Kier molecular flexibility index (Phi) is 4.69. The van der Waals surface area contributed by atoms with Gasteiger partial charge in [-0.05, 0) is 57.2 Å². The predicted octanol–water partition coefficient (Wildman–Crippen LogP) is 4.66. The summed E-state index contributed by atoms with van der Waals surface area (Å²) in [6.45, 7) is 6.29. The summed E-state index contributed by atoms with van der Waals surface area (Å²) in [6.07, 6.45) is 3.22. The van der Waals surface area contributed by atoms with E-state index in [1.165, 1.54) is 0 Å². The molecule has 5 heteroatoms. The highest BCUT2D eigenvalue weighted by Crippen LogP contribution is 2.50. The molecule has 0 aromatic heterocycles.